The largest absolute Gasteiger partial charge is 0.481 e. The number of pyridine rings is 1. The summed E-state index contributed by atoms with van der Waals surface area (Å²) in [6.07, 6.45) is 1.88. The molecule has 112 valence electrons. The molecule has 0 aliphatic rings. The fourth-order valence-electron chi connectivity index (χ4n) is 1.74. The van der Waals surface area contributed by atoms with Gasteiger partial charge in [0, 0.05) is 12.7 Å². The van der Waals surface area contributed by atoms with E-state index in [1.54, 1.807) is 24.3 Å². The van der Waals surface area contributed by atoms with Gasteiger partial charge in [0.15, 0.2) is 0 Å². The van der Waals surface area contributed by atoms with Crippen LogP contribution in [0.4, 0.5) is 5.69 Å². The van der Waals surface area contributed by atoms with Crippen LogP contribution in [0.2, 0.25) is 0 Å². The van der Waals surface area contributed by atoms with Crippen molar-refractivity contribution in [3.63, 3.8) is 0 Å². The van der Waals surface area contributed by atoms with E-state index in [-0.39, 0.29) is 11.5 Å². The Bertz CT molecular complexity index is 682. The van der Waals surface area contributed by atoms with Gasteiger partial charge in [0.25, 0.3) is 10.0 Å². The smallest absolute Gasteiger partial charge is 0.261 e. The summed E-state index contributed by atoms with van der Waals surface area (Å²) in [5, 5.41) is 8.84. The van der Waals surface area contributed by atoms with E-state index in [0.29, 0.717) is 18.0 Å². The van der Waals surface area contributed by atoms with Crippen molar-refractivity contribution in [2.24, 2.45) is 0 Å². The van der Waals surface area contributed by atoms with Gasteiger partial charge in [0.2, 0.25) is 5.88 Å². The molecule has 0 saturated carbocycles. The lowest BCUT2D eigenvalue weighted by atomic mass is 10.2. The molecule has 2 rings (SSSR count). The van der Waals surface area contributed by atoms with Gasteiger partial charge in [-0.15, -0.1) is 0 Å². The van der Waals surface area contributed by atoms with Crippen molar-refractivity contribution in [1.29, 1.82) is 0 Å². The molecule has 0 radical (unpaired) electrons. The zero-order valence-corrected chi connectivity index (χ0v) is 12.3. The number of nitrogens with one attached hydrogen (secondary N) is 1. The number of sulfonamides is 1. The third kappa shape index (κ3) is 3.93. The number of nitrogens with zero attached hydrogens (tertiary/aromatic N) is 1. The van der Waals surface area contributed by atoms with Crippen molar-refractivity contribution >= 4 is 15.7 Å². The SMILES string of the molecule is COc1ccc(NS(=O)(=O)c2ccc(CCO)cc2)cn1. The molecule has 0 aliphatic carbocycles. The summed E-state index contributed by atoms with van der Waals surface area (Å²) in [4.78, 5) is 4.09. The molecule has 2 N–H and O–H groups in total. The van der Waals surface area contributed by atoms with E-state index < -0.39 is 10.0 Å². The first kappa shape index (κ1) is 15.3. The third-order valence-corrected chi connectivity index (χ3v) is 4.23. The van der Waals surface area contributed by atoms with Crippen molar-refractivity contribution in [2.45, 2.75) is 11.3 Å². The van der Waals surface area contributed by atoms with Gasteiger partial charge in [0.05, 0.1) is 23.9 Å². The number of aromatic nitrogens is 1. The predicted molar refractivity (Wildman–Crippen MR) is 78.8 cm³/mol. The third-order valence-electron chi connectivity index (χ3n) is 2.83. The van der Waals surface area contributed by atoms with E-state index in [0.717, 1.165) is 5.56 Å². The predicted octanol–water partition coefficient (Wildman–Crippen LogP) is 1.43. The highest BCUT2D eigenvalue weighted by atomic mass is 32.2. The van der Waals surface area contributed by atoms with E-state index in [9.17, 15) is 8.42 Å². The molecule has 0 atom stereocenters. The molecule has 0 bridgehead atoms. The number of anilines is 1. The van der Waals surface area contributed by atoms with Crippen LogP contribution in [0.1, 0.15) is 5.56 Å². The lowest BCUT2D eigenvalue weighted by Crippen LogP contribution is -2.13. The number of rotatable bonds is 6. The highest BCUT2D eigenvalue weighted by molar-refractivity contribution is 7.92. The molecule has 0 fully saturated rings. The van der Waals surface area contributed by atoms with E-state index in [1.807, 2.05) is 0 Å². The average molecular weight is 308 g/mol. The van der Waals surface area contributed by atoms with Crippen molar-refractivity contribution in [2.75, 3.05) is 18.4 Å². The maximum Gasteiger partial charge on any atom is 0.261 e. The normalized spacial score (nSPS) is 11.1. The fourth-order valence-corrected chi connectivity index (χ4v) is 2.78. The van der Waals surface area contributed by atoms with Gasteiger partial charge in [-0.3, -0.25) is 4.72 Å². The van der Waals surface area contributed by atoms with Gasteiger partial charge < -0.3 is 9.84 Å². The van der Waals surface area contributed by atoms with Crippen LogP contribution >= 0.6 is 0 Å². The Morgan fingerprint density at radius 1 is 1.19 bits per heavy atom. The minimum atomic E-state index is -3.66. The van der Waals surface area contributed by atoms with Crippen LogP contribution < -0.4 is 9.46 Å². The summed E-state index contributed by atoms with van der Waals surface area (Å²) >= 11 is 0. The Labute approximate surface area is 123 Å². The Kier molecular flexibility index (Phi) is 4.77. The molecule has 0 saturated heterocycles. The summed E-state index contributed by atoms with van der Waals surface area (Å²) in [6, 6.07) is 9.51. The second-order valence-corrected chi connectivity index (χ2v) is 5.99. The molecule has 1 aromatic heterocycles. The van der Waals surface area contributed by atoms with E-state index in [4.69, 9.17) is 9.84 Å². The standard InChI is InChI=1S/C14H16N2O4S/c1-20-14-7-4-12(10-15-14)16-21(18,19)13-5-2-11(3-6-13)8-9-17/h2-7,10,16-17H,8-9H2,1H3. The monoisotopic (exact) mass is 308 g/mol. The number of benzene rings is 1. The zero-order chi connectivity index (χ0) is 15.3. The fraction of sp³-hybridized carbons (Fsp3) is 0.214. The van der Waals surface area contributed by atoms with Gasteiger partial charge in [-0.05, 0) is 30.2 Å². The van der Waals surface area contributed by atoms with E-state index in [2.05, 4.69) is 9.71 Å². The number of hydrogen-bond acceptors (Lipinski definition) is 5. The topological polar surface area (TPSA) is 88.5 Å². The quantitative estimate of drug-likeness (QED) is 0.842. The minimum absolute atomic E-state index is 0.0296. The van der Waals surface area contributed by atoms with Gasteiger partial charge in [-0.1, -0.05) is 12.1 Å². The molecule has 0 unspecified atom stereocenters. The Hall–Kier alpha value is -2.12. The lowest BCUT2D eigenvalue weighted by Gasteiger charge is -2.09. The second-order valence-electron chi connectivity index (χ2n) is 4.31. The molecule has 0 aliphatic heterocycles. The minimum Gasteiger partial charge on any atom is -0.481 e. The molecule has 7 heteroatoms. The maximum atomic E-state index is 12.2. The maximum absolute atomic E-state index is 12.2. The molecule has 0 amide bonds. The van der Waals surface area contributed by atoms with E-state index >= 15 is 0 Å². The van der Waals surface area contributed by atoms with Gasteiger partial charge in [-0.2, -0.15) is 0 Å². The molecular weight excluding hydrogens is 292 g/mol. The van der Waals surface area contributed by atoms with Crippen LogP contribution in [-0.2, 0) is 16.4 Å². The van der Waals surface area contributed by atoms with Crippen molar-refractivity contribution in [1.82, 2.24) is 4.98 Å². The number of methoxy groups -OCH3 is 1. The first-order valence-electron chi connectivity index (χ1n) is 6.28. The van der Waals surface area contributed by atoms with Gasteiger partial charge in [-0.25, -0.2) is 13.4 Å². The molecule has 0 spiro atoms. The van der Waals surface area contributed by atoms with Crippen molar-refractivity contribution in [3.05, 3.63) is 48.2 Å². The van der Waals surface area contributed by atoms with Crippen LogP contribution in [0.5, 0.6) is 5.88 Å². The summed E-state index contributed by atoms with van der Waals surface area (Å²) in [5.74, 6) is 0.409. The molecule has 1 aromatic carbocycles. The van der Waals surface area contributed by atoms with Crippen LogP contribution in [0.25, 0.3) is 0 Å². The first-order chi connectivity index (χ1) is 10.0. The Morgan fingerprint density at radius 3 is 2.43 bits per heavy atom. The molecule has 6 nitrogen and oxygen atoms in total. The second kappa shape index (κ2) is 6.55. The summed E-state index contributed by atoms with van der Waals surface area (Å²) in [5.41, 5.74) is 1.23. The lowest BCUT2D eigenvalue weighted by molar-refractivity contribution is 0.299. The number of aliphatic hydroxyl groups is 1. The summed E-state index contributed by atoms with van der Waals surface area (Å²) < 4.78 is 31.8. The summed E-state index contributed by atoms with van der Waals surface area (Å²) in [7, 11) is -2.17. The highest BCUT2D eigenvalue weighted by Gasteiger charge is 2.14. The van der Waals surface area contributed by atoms with Crippen molar-refractivity contribution < 1.29 is 18.3 Å². The zero-order valence-electron chi connectivity index (χ0n) is 11.5. The van der Waals surface area contributed by atoms with Crippen LogP contribution in [-0.4, -0.2) is 32.2 Å². The highest BCUT2D eigenvalue weighted by Crippen LogP contribution is 2.17. The number of ether oxygens (including phenoxy) is 1. The van der Waals surface area contributed by atoms with Crippen LogP contribution in [0.15, 0.2) is 47.5 Å². The first-order valence-corrected chi connectivity index (χ1v) is 7.76. The Balaban J connectivity index is 2.16. The molecule has 2 aromatic rings. The van der Waals surface area contributed by atoms with Crippen LogP contribution in [0.3, 0.4) is 0 Å². The molecule has 21 heavy (non-hydrogen) atoms. The van der Waals surface area contributed by atoms with E-state index in [1.165, 1.54) is 25.4 Å². The number of aliphatic hydroxyl groups excluding tert-OH is 1. The number of hydrogen-bond donors (Lipinski definition) is 2. The summed E-state index contributed by atoms with van der Waals surface area (Å²) in [6.45, 7) is 0.0296. The van der Waals surface area contributed by atoms with Gasteiger partial charge in [0.1, 0.15) is 0 Å². The van der Waals surface area contributed by atoms with Crippen molar-refractivity contribution in [3.8, 4) is 5.88 Å². The molecular formula is C14H16N2O4S. The van der Waals surface area contributed by atoms with Crippen LogP contribution in [0, 0.1) is 0 Å². The molecule has 1 heterocycles. The Morgan fingerprint density at radius 2 is 1.90 bits per heavy atom. The average Bonchev–Trinajstić information content (AvgIpc) is 2.48. The van der Waals surface area contributed by atoms with Gasteiger partial charge >= 0.3 is 0 Å².